The van der Waals surface area contributed by atoms with E-state index in [0.29, 0.717) is 0 Å². The van der Waals surface area contributed by atoms with Crippen LogP contribution in [0.15, 0.2) is 60.9 Å². The van der Waals surface area contributed by atoms with Crippen LogP contribution in [0.4, 0.5) is 0 Å². The van der Waals surface area contributed by atoms with E-state index in [2.05, 4.69) is 45.6 Å². The maximum absolute atomic E-state index is 5.32. The standard InChI is InChI=1S/C24H24N2O2/c1-27-19-10-6-17(7-11-19)22-15-25-16-23(18-8-12-20(28-2)13-9-18)26-14-4-3-5-21(22)24(25)26/h6-13,15-16H,3-5,14H2,1-2H3. The van der Waals surface area contributed by atoms with Crippen molar-refractivity contribution in [2.45, 2.75) is 25.8 Å². The summed E-state index contributed by atoms with van der Waals surface area (Å²) >= 11 is 0. The van der Waals surface area contributed by atoms with Crippen LogP contribution in [0.5, 0.6) is 11.5 Å². The molecule has 0 aliphatic carbocycles. The lowest BCUT2D eigenvalue weighted by atomic mass is 10.0. The Labute approximate surface area is 164 Å². The Morgan fingerprint density at radius 1 is 0.750 bits per heavy atom. The minimum absolute atomic E-state index is 0.889. The Morgan fingerprint density at radius 3 is 2.04 bits per heavy atom. The second kappa shape index (κ2) is 6.79. The lowest BCUT2D eigenvalue weighted by molar-refractivity contribution is 0.415. The molecule has 28 heavy (non-hydrogen) atoms. The zero-order valence-corrected chi connectivity index (χ0v) is 16.3. The molecule has 0 saturated carbocycles. The zero-order chi connectivity index (χ0) is 19.1. The van der Waals surface area contributed by atoms with Crippen LogP contribution in [0.2, 0.25) is 0 Å². The van der Waals surface area contributed by atoms with Crippen molar-refractivity contribution >= 4 is 5.65 Å². The number of rotatable bonds is 4. The van der Waals surface area contributed by atoms with Crippen molar-refractivity contribution in [2.75, 3.05) is 14.2 Å². The summed E-state index contributed by atoms with van der Waals surface area (Å²) in [5, 5.41) is 0. The van der Waals surface area contributed by atoms with Crippen molar-refractivity contribution in [1.29, 1.82) is 0 Å². The van der Waals surface area contributed by atoms with Gasteiger partial charge in [0.1, 0.15) is 17.1 Å². The van der Waals surface area contributed by atoms with Crippen LogP contribution in [0.3, 0.4) is 0 Å². The molecule has 1 aliphatic rings. The molecule has 0 radical (unpaired) electrons. The molecule has 0 N–H and O–H groups in total. The van der Waals surface area contributed by atoms with Gasteiger partial charge in [0, 0.05) is 30.1 Å². The van der Waals surface area contributed by atoms with E-state index in [0.717, 1.165) is 24.5 Å². The average Bonchev–Trinajstić information content (AvgIpc) is 3.18. The number of methoxy groups -OCH3 is 2. The van der Waals surface area contributed by atoms with E-state index in [1.807, 2.05) is 24.3 Å². The summed E-state index contributed by atoms with van der Waals surface area (Å²) < 4.78 is 15.4. The summed E-state index contributed by atoms with van der Waals surface area (Å²) in [5.41, 5.74) is 7.84. The van der Waals surface area contributed by atoms with Gasteiger partial charge in [0.25, 0.3) is 0 Å². The van der Waals surface area contributed by atoms with Gasteiger partial charge in [0.2, 0.25) is 0 Å². The van der Waals surface area contributed by atoms with Crippen LogP contribution in [-0.4, -0.2) is 23.2 Å². The Kier molecular flexibility index (Phi) is 4.12. The molecule has 4 nitrogen and oxygen atoms in total. The van der Waals surface area contributed by atoms with Crippen molar-refractivity contribution in [3.8, 4) is 33.9 Å². The van der Waals surface area contributed by atoms with E-state index in [1.54, 1.807) is 14.2 Å². The smallest absolute Gasteiger partial charge is 0.121 e. The summed E-state index contributed by atoms with van der Waals surface area (Å²) in [6.07, 6.45) is 8.07. The maximum Gasteiger partial charge on any atom is 0.121 e. The molecular formula is C24H24N2O2. The van der Waals surface area contributed by atoms with Crippen molar-refractivity contribution < 1.29 is 9.47 Å². The molecule has 0 amide bonds. The molecule has 0 fully saturated rings. The highest BCUT2D eigenvalue weighted by Gasteiger charge is 2.21. The predicted octanol–water partition coefficient (Wildman–Crippen LogP) is 5.43. The van der Waals surface area contributed by atoms with E-state index < -0.39 is 0 Å². The first kappa shape index (κ1) is 17.0. The van der Waals surface area contributed by atoms with Gasteiger partial charge < -0.3 is 18.4 Å². The molecule has 4 heteroatoms. The summed E-state index contributed by atoms with van der Waals surface area (Å²) in [6.45, 7) is 1.05. The number of ether oxygens (including phenoxy) is 2. The minimum atomic E-state index is 0.889. The largest absolute Gasteiger partial charge is 0.497 e. The van der Waals surface area contributed by atoms with Gasteiger partial charge in [-0.15, -0.1) is 0 Å². The van der Waals surface area contributed by atoms with E-state index >= 15 is 0 Å². The van der Waals surface area contributed by atoms with Crippen LogP contribution in [0.1, 0.15) is 18.4 Å². The van der Waals surface area contributed by atoms with Gasteiger partial charge >= 0.3 is 0 Å². The molecule has 0 unspecified atom stereocenters. The lowest BCUT2D eigenvalue weighted by Gasteiger charge is -2.09. The van der Waals surface area contributed by atoms with Crippen LogP contribution >= 0.6 is 0 Å². The van der Waals surface area contributed by atoms with Gasteiger partial charge in [0.05, 0.1) is 19.9 Å². The highest BCUT2D eigenvalue weighted by Crippen LogP contribution is 2.36. The van der Waals surface area contributed by atoms with Gasteiger partial charge in [-0.25, -0.2) is 0 Å². The number of aryl methyl sites for hydroxylation is 2. The highest BCUT2D eigenvalue weighted by molar-refractivity contribution is 5.78. The van der Waals surface area contributed by atoms with Crippen molar-refractivity contribution in [3.05, 3.63) is 66.5 Å². The molecule has 2 aromatic carbocycles. The van der Waals surface area contributed by atoms with Crippen molar-refractivity contribution in [2.24, 2.45) is 0 Å². The number of imidazole rings is 1. The molecule has 0 saturated heterocycles. The van der Waals surface area contributed by atoms with Crippen molar-refractivity contribution in [3.63, 3.8) is 0 Å². The van der Waals surface area contributed by atoms with Gasteiger partial charge in [0.15, 0.2) is 0 Å². The summed E-state index contributed by atoms with van der Waals surface area (Å²) in [5.74, 6) is 1.78. The summed E-state index contributed by atoms with van der Waals surface area (Å²) in [6, 6.07) is 16.7. The topological polar surface area (TPSA) is 27.8 Å². The fourth-order valence-corrected chi connectivity index (χ4v) is 4.33. The van der Waals surface area contributed by atoms with Crippen molar-refractivity contribution in [1.82, 2.24) is 8.97 Å². The average molecular weight is 372 g/mol. The highest BCUT2D eigenvalue weighted by atomic mass is 16.5. The minimum Gasteiger partial charge on any atom is -0.497 e. The normalized spacial score (nSPS) is 13.5. The quantitative estimate of drug-likeness (QED) is 0.478. The number of benzene rings is 2. The van der Waals surface area contributed by atoms with Gasteiger partial charge in [-0.3, -0.25) is 0 Å². The molecule has 1 aliphatic heterocycles. The molecule has 0 bridgehead atoms. The molecule has 142 valence electrons. The molecule has 4 aromatic rings. The summed E-state index contributed by atoms with van der Waals surface area (Å²) in [7, 11) is 3.41. The van der Waals surface area contributed by atoms with Crippen LogP contribution in [0.25, 0.3) is 28.0 Å². The fourth-order valence-electron chi connectivity index (χ4n) is 4.33. The van der Waals surface area contributed by atoms with Gasteiger partial charge in [-0.2, -0.15) is 0 Å². The fraction of sp³-hybridized carbons (Fsp3) is 0.250. The Balaban J connectivity index is 1.65. The first-order valence-corrected chi connectivity index (χ1v) is 9.80. The van der Waals surface area contributed by atoms with E-state index in [-0.39, 0.29) is 0 Å². The number of hydrogen-bond acceptors (Lipinski definition) is 2. The maximum atomic E-state index is 5.32. The zero-order valence-electron chi connectivity index (χ0n) is 16.3. The number of hydrogen-bond donors (Lipinski definition) is 0. The van der Waals surface area contributed by atoms with Gasteiger partial charge in [-0.05, 0) is 66.8 Å². The third-order valence-corrected chi connectivity index (χ3v) is 5.76. The SMILES string of the molecule is COc1ccc(-c2cn3cc(-c4ccc(OC)cc4)n4c3c2CCCC4)cc1. The monoisotopic (exact) mass is 372 g/mol. The molecule has 0 spiro atoms. The molecule has 5 rings (SSSR count). The number of nitrogens with zero attached hydrogens (tertiary/aromatic N) is 2. The van der Waals surface area contributed by atoms with Crippen LogP contribution in [0, 0.1) is 0 Å². The van der Waals surface area contributed by atoms with Crippen LogP contribution in [-0.2, 0) is 13.0 Å². The van der Waals surface area contributed by atoms with E-state index in [4.69, 9.17) is 9.47 Å². The lowest BCUT2D eigenvalue weighted by Crippen LogP contribution is -1.99. The van der Waals surface area contributed by atoms with E-state index in [1.165, 1.54) is 46.4 Å². The third kappa shape index (κ3) is 2.68. The predicted molar refractivity (Wildman–Crippen MR) is 112 cm³/mol. The second-order valence-corrected chi connectivity index (χ2v) is 7.33. The Hall–Kier alpha value is -3.14. The first-order valence-electron chi connectivity index (χ1n) is 9.80. The molecule has 3 heterocycles. The Bertz CT molecular complexity index is 1030. The van der Waals surface area contributed by atoms with Crippen LogP contribution < -0.4 is 9.47 Å². The first-order chi connectivity index (χ1) is 13.8. The number of aromatic nitrogens is 2. The molecule has 2 aromatic heterocycles. The summed E-state index contributed by atoms with van der Waals surface area (Å²) in [4.78, 5) is 0. The second-order valence-electron chi connectivity index (χ2n) is 7.33. The molecular weight excluding hydrogens is 348 g/mol. The van der Waals surface area contributed by atoms with E-state index in [9.17, 15) is 0 Å². The Morgan fingerprint density at radius 2 is 1.39 bits per heavy atom. The molecule has 0 atom stereocenters. The van der Waals surface area contributed by atoms with Gasteiger partial charge in [-0.1, -0.05) is 12.1 Å². The third-order valence-electron chi connectivity index (χ3n) is 5.76.